The number of nitriles is 1. The van der Waals surface area contributed by atoms with Crippen LogP contribution >= 0.6 is 0 Å². The molecule has 0 unspecified atom stereocenters. The number of rotatable bonds is 2. The SMILES string of the molecule is N#Cc1c(F)cccc1NC(=O)c1ccc(N)c(F)c1. The topological polar surface area (TPSA) is 78.9 Å². The summed E-state index contributed by atoms with van der Waals surface area (Å²) in [6, 6.07) is 9.06. The average Bonchev–Trinajstić information content (AvgIpc) is 2.42. The van der Waals surface area contributed by atoms with Crippen molar-refractivity contribution in [3.05, 3.63) is 59.2 Å². The number of hydrogen-bond acceptors (Lipinski definition) is 3. The molecule has 0 fully saturated rings. The number of anilines is 2. The first-order valence-electron chi connectivity index (χ1n) is 5.58. The van der Waals surface area contributed by atoms with Gasteiger partial charge in [0.25, 0.3) is 5.91 Å². The highest BCUT2D eigenvalue weighted by Gasteiger charge is 2.13. The van der Waals surface area contributed by atoms with Crippen LogP contribution in [0, 0.1) is 23.0 Å². The summed E-state index contributed by atoms with van der Waals surface area (Å²) in [5, 5.41) is 11.2. The van der Waals surface area contributed by atoms with E-state index in [-0.39, 0.29) is 22.5 Å². The Morgan fingerprint density at radius 1 is 1.20 bits per heavy atom. The van der Waals surface area contributed by atoms with Gasteiger partial charge in [0.05, 0.1) is 11.4 Å². The van der Waals surface area contributed by atoms with E-state index in [0.717, 1.165) is 12.1 Å². The monoisotopic (exact) mass is 273 g/mol. The lowest BCUT2D eigenvalue weighted by Gasteiger charge is -2.08. The van der Waals surface area contributed by atoms with Crippen LogP contribution in [0.1, 0.15) is 15.9 Å². The molecule has 0 atom stereocenters. The van der Waals surface area contributed by atoms with E-state index >= 15 is 0 Å². The quantitative estimate of drug-likeness (QED) is 0.825. The number of halogens is 2. The Morgan fingerprint density at radius 3 is 2.60 bits per heavy atom. The van der Waals surface area contributed by atoms with Gasteiger partial charge in [-0.15, -0.1) is 0 Å². The van der Waals surface area contributed by atoms with Crippen molar-refractivity contribution in [2.45, 2.75) is 0 Å². The first kappa shape index (κ1) is 13.5. The minimum absolute atomic E-state index is 0.0184. The molecule has 0 radical (unpaired) electrons. The molecule has 4 nitrogen and oxygen atoms in total. The fourth-order valence-corrected chi connectivity index (χ4v) is 1.60. The van der Waals surface area contributed by atoms with Crippen molar-refractivity contribution in [2.75, 3.05) is 11.1 Å². The molecule has 0 saturated heterocycles. The van der Waals surface area contributed by atoms with E-state index in [2.05, 4.69) is 5.32 Å². The highest BCUT2D eigenvalue weighted by molar-refractivity contribution is 6.05. The van der Waals surface area contributed by atoms with E-state index in [9.17, 15) is 13.6 Å². The minimum Gasteiger partial charge on any atom is -0.396 e. The van der Waals surface area contributed by atoms with Crippen molar-refractivity contribution in [3.8, 4) is 6.07 Å². The zero-order chi connectivity index (χ0) is 14.7. The second-order valence-electron chi connectivity index (χ2n) is 3.96. The Bertz CT molecular complexity index is 723. The number of carbonyl (C=O) groups excluding carboxylic acids is 1. The maximum Gasteiger partial charge on any atom is 0.255 e. The lowest BCUT2D eigenvalue weighted by molar-refractivity contribution is 0.102. The van der Waals surface area contributed by atoms with Gasteiger partial charge in [0.15, 0.2) is 0 Å². The molecule has 0 saturated carbocycles. The van der Waals surface area contributed by atoms with Gasteiger partial charge in [-0.25, -0.2) is 8.78 Å². The van der Waals surface area contributed by atoms with Gasteiger partial charge in [-0.1, -0.05) is 6.07 Å². The largest absolute Gasteiger partial charge is 0.396 e. The third kappa shape index (κ3) is 2.57. The maximum absolute atomic E-state index is 13.4. The van der Waals surface area contributed by atoms with E-state index in [0.29, 0.717) is 0 Å². The average molecular weight is 273 g/mol. The molecule has 2 aromatic rings. The fraction of sp³-hybridized carbons (Fsp3) is 0. The Kier molecular flexibility index (Phi) is 3.62. The van der Waals surface area contributed by atoms with Crippen molar-refractivity contribution in [3.63, 3.8) is 0 Å². The van der Waals surface area contributed by atoms with Crippen LogP contribution in [0.25, 0.3) is 0 Å². The van der Waals surface area contributed by atoms with Crippen molar-refractivity contribution >= 4 is 17.3 Å². The second-order valence-corrected chi connectivity index (χ2v) is 3.96. The van der Waals surface area contributed by atoms with Gasteiger partial charge in [0, 0.05) is 5.56 Å². The van der Waals surface area contributed by atoms with Crippen molar-refractivity contribution in [1.29, 1.82) is 5.26 Å². The van der Waals surface area contributed by atoms with E-state index in [1.54, 1.807) is 6.07 Å². The fourth-order valence-electron chi connectivity index (χ4n) is 1.60. The van der Waals surface area contributed by atoms with Crippen LogP contribution in [0.3, 0.4) is 0 Å². The van der Waals surface area contributed by atoms with Gasteiger partial charge in [-0.2, -0.15) is 5.26 Å². The van der Waals surface area contributed by atoms with Crippen LogP contribution in [0.4, 0.5) is 20.2 Å². The van der Waals surface area contributed by atoms with Crippen molar-refractivity contribution in [2.24, 2.45) is 0 Å². The zero-order valence-corrected chi connectivity index (χ0v) is 10.2. The molecule has 0 heterocycles. The summed E-state index contributed by atoms with van der Waals surface area (Å²) in [4.78, 5) is 11.9. The van der Waals surface area contributed by atoms with Crippen molar-refractivity contribution in [1.82, 2.24) is 0 Å². The standard InChI is InChI=1S/C14H9F2N3O/c15-10-2-1-3-13(9(10)7-17)19-14(20)8-4-5-12(18)11(16)6-8/h1-6H,18H2,(H,19,20). The first-order chi connectivity index (χ1) is 9.52. The third-order valence-corrected chi connectivity index (χ3v) is 2.64. The van der Waals surface area contributed by atoms with Crippen LogP contribution in [-0.4, -0.2) is 5.91 Å². The molecule has 3 N–H and O–H groups in total. The van der Waals surface area contributed by atoms with Crippen LogP contribution in [0.5, 0.6) is 0 Å². The van der Waals surface area contributed by atoms with E-state index in [1.165, 1.54) is 24.3 Å². The molecule has 100 valence electrons. The number of benzene rings is 2. The molecule has 6 heteroatoms. The maximum atomic E-state index is 13.4. The van der Waals surface area contributed by atoms with E-state index in [1.807, 2.05) is 0 Å². The Hall–Kier alpha value is -2.94. The summed E-state index contributed by atoms with van der Waals surface area (Å²) in [5.74, 6) is -2.13. The lowest BCUT2D eigenvalue weighted by atomic mass is 10.1. The van der Waals surface area contributed by atoms with Crippen LogP contribution in [-0.2, 0) is 0 Å². The molecule has 2 rings (SSSR count). The van der Waals surface area contributed by atoms with Crippen molar-refractivity contribution < 1.29 is 13.6 Å². The number of carbonyl (C=O) groups is 1. The van der Waals surface area contributed by atoms with Gasteiger partial charge in [-0.3, -0.25) is 4.79 Å². The summed E-state index contributed by atoms with van der Waals surface area (Å²) in [5.41, 5.74) is 4.99. The summed E-state index contributed by atoms with van der Waals surface area (Å²) < 4.78 is 26.6. The van der Waals surface area contributed by atoms with Gasteiger partial charge in [0.1, 0.15) is 23.3 Å². The summed E-state index contributed by atoms with van der Waals surface area (Å²) in [6.07, 6.45) is 0. The minimum atomic E-state index is -0.742. The van der Waals surface area contributed by atoms with Gasteiger partial charge >= 0.3 is 0 Å². The highest BCUT2D eigenvalue weighted by atomic mass is 19.1. The second kappa shape index (κ2) is 5.36. The highest BCUT2D eigenvalue weighted by Crippen LogP contribution is 2.19. The molecule has 0 aromatic heterocycles. The number of amides is 1. The Morgan fingerprint density at radius 2 is 1.95 bits per heavy atom. The van der Waals surface area contributed by atoms with Crippen LogP contribution in [0.15, 0.2) is 36.4 Å². The lowest BCUT2D eigenvalue weighted by Crippen LogP contribution is -2.13. The zero-order valence-electron chi connectivity index (χ0n) is 10.2. The predicted octanol–water partition coefficient (Wildman–Crippen LogP) is 2.67. The van der Waals surface area contributed by atoms with Gasteiger partial charge in [0.2, 0.25) is 0 Å². The molecule has 0 aliphatic rings. The number of nitrogens with zero attached hydrogens (tertiary/aromatic N) is 1. The molecule has 0 aliphatic heterocycles. The van der Waals surface area contributed by atoms with Crippen LogP contribution in [0.2, 0.25) is 0 Å². The van der Waals surface area contributed by atoms with Gasteiger partial charge < -0.3 is 11.1 Å². The predicted molar refractivity (Wildman–Crippen MR) is 69.9 cm³/mol. The molecule has 2 aromatic carbocycles. The van der Waals surface area contributed by atoms with E-state index in [4.69, 9.17) is 11.0 Å². The normalized spacial score (nSPS) is 9.85. The summed E-state index contributed by atoms with van der Waals surface area (Å²) >= 11 is 0. The molecule has 1 amide bonds. The molecule has 20 heavy (non-hydrogen) atoms. The first-order valence-corrected chi connectivity index (χ1v) is 5.58. The third-order valence-electron chi connectivity index (χ3n) is 2.64. The van der Waals surface area contributed by atoms with E-state index < -0.39 is 17.5 Å². The molecule has 0 bridgehead atoms. The smallest absolute Gasteiger partial charge is 0.255 e. The number of nitrogen functional groups attached to an aromatic ring is 1. The number of nitrogens with one attached hydrogen (secondary N) is 1. The molecular formula is C14H9F2N3O. The number of nitrogens with two attached hydrogens (primary N) is 1. The molecule has 0 aliphatic carbocycles. The van der Waals surface area contributed by atoms with Crippen LogP contribution < -0.4 is 11.1 Å². The Labute approximate surface area is 113 Å². The summed E-state index contributed by atoms with van der Waals surface area (Å²) in [6.45, 7) is 0. The van der Waals surface area contributed by atoms with Gasteiger partial charge in [-0.05, 0) is 30.3 Å². The molecule has 0 spiro atoms. The number of hydrogen-bond donors (Lipinski definition) is 2. The Balaban J connectivity index is 2.31. The summed E-state index contributed by atoms with van der Waals surface area (Å²) in [7, 11) is 0. The molecular weight excluding hydrogens is 264 g/mol.